The van der Waals surface area contributed by atoms with Crippen LogP contribution in [0.5, 0.6) is 11.5 Å². The summed E-state index contributed by atoms with van der Waals surface area (Å²) < 4.78 is 24.0. The minimum absolute atomic E-state index is 0.0354. The first-order valence-electron chi connectivity index (χ1n) is 7.27. The SMILES string of the molecule is CSC1CC(OC(=O)c2ccncc2Oc2ccc(F)cc2)C1. The number of ether oxygens (including phenoxy) is 2. The van der Waals surface area contributed by atoms with Crippen molar-refractivity contribution < 1.29 is 18.7 Å². The highest BCUT2D eigenvalue weighted by Gasteiger charge is 2.32. The molecule has 1 aliphatic carbocycles. The van der Waals surface area contributed by atoms with Crippen LogP contribution in [0.2, 0.25) is 0 Å². The number of thioether (sulfide) groups is 1. The minimum atomic E-state index is -0.422. The van der Waals surface area contributed by atoms with Crippen molar-refractivity contribution in [3.8, 4) is 11.5 Å². The van der Waals surface area contributed by atoms with E-state index in [0.717, 1.165) is 12.8 Å². The summed E-state index contributed by atoms with van der Waals surface area (Å²) in [6.07, 6.45) is 6.75. The Kier molecular flexibility index (Phi) is 4.81. The lowest BCUT2D eigenvalue weighted by Crippen LogP contribution is -2.35. The van der Waals surface area contributed by atoms with Crippen LogP contribution in [0.4, 0.5) is 4.39 Å². The molecule has 0 unspecified atom stereocenters. The first-order valence-corrected chi connectivity index (χ1v) is 8.55. The van der Waals surface area contributed by atoms with Gasteiger partial charge < -0.3 is 9.47 Å². The number of aromatic nitrogens is 1. The van der Waals surface area contributed by atoms with Gasteiger partial charge in [0.05, 0.1) is 6.20 Å². The molecule has 1 aromatic heterocycles. The second kappa shape index (κ2) is 7.00. The normalized spacial score (nSPS) is 19.7. The number of esters is 1. The number of halogens is 1. The molecule has 1 aliphatic rings. The van der Waals surface area contributed by atoms with Gasteiger partial charge in [0.25, 0.3) is 0 Å². The molecule has 1 fully saturated rings. The monoisotopic (exact) mass is 333 g/mol. The third-order valence-corrected chi connectivity index (χ3v) is 4.76. The standard InChI is InChI=1S/C17H16FNO3S/c1-23-14-8-13(9-14)22-17(20)15-6-7-19-10-16(15)21-12-4-2-11(18)3-5-12/h2-7,10,13-14H,8-9H2,1H3. The predicted molar refractivity (Wildman–Crippen MR) is 86.5 cm³/mol. The van der Waals surface area contributed by atoms with Crippen LogP contribution < -0.4 is 4.74 Å². The van der Waals surface area contributed by atoms with Crippen molar-refractivity contribution >= 4 is 17.7 Å². The lowest BCUT2D eigenvalue weighted by Gasteiger charge is -2.33. The number of pyridine rings is 1. The van der Waals surface area contributed by atoms with Crippen LogP contribution in [0.25, 0.3) is 0 Å². The van der Waals surface area contributed by atoms with Crippen LogP contribution in [-0.4, -0.2) is 28.6 Å². The topological polar surface area (TPSA) is 48.4 Å². The highest BCUT2D eigenvalue weighted by molar-refractivity contribution is 7.99. The van der Waals surface area contributed by atoms with E-state index in [9.17, 15) is 9.18 Å². The summed E-state index contributed by atoms with van der Waals surface area (Å²) in [4.78, 5) is 16.3. The fraction of sp³-hybridized carbons (Fsp3) is 0.294. The summed E-state index contributed by atoms with van der Waals surface area (Å²) >= 11 is 1.79. The Morgan fingerprint density at radius 1 is 1.26 bits per heavy atom. The van der Waals surface area contributed by atoms with Crippen molar-refractivity contribution in [2.75, 3.05) is 6.26 Å². The van der Waals surface area contributed by atoms with E-state index in [0.29, 0.717) is 22.3 Å². The molecule has 0 N–H and O–H groups in total. The fourth-order valence-corrected chi connectivity index (χ4v) is 3.09. The van der Waals surface area contributed by atoms with Gasteiger partial charge >= 0.3 is 5.97 Å². The molecular formula is C17H16FNO3S. The van der Waals surface area contributed by atoms with Gasteiger partial charge in [0, 0.05) is 11.4 Å². The third kappa shape index (κ3) is 3.82. The molecule has 120 valence electrons. The average molecular weight is 333 g/mol. The highest BCUT2D eigenvalue weighted by atomic mass is 32.2. The summed E-state index contributed by atoms with van der Waals surface area (Å²) in [7, 11) is 0. The molecule has 6 heteroatoms. The third-order valence-electron chi connectivity index (χ3n) is 3.70. The van der Waals surface area contributed by atoms with Crippen molar-refractivity contribution in [2.45, 2.75) is 24.2 Å². The van der Waals surface area contributed by atoms with Crippen LogP contribution in [0.1, 0.15) is 23.2 Å². The zero-order chi connectivity index (χ0) is 16.2. The molecule has 2 aromatic rings. The van der Waals surface area contributed by atoms with Gasteiger partial charge in [-0.25, -0.2) is 9.18 Å². The molecule has 0 amide bonds. The first-order chi connectivity index (χ1) is 11.2. The zero-order valence-electron chi connectivity index (χ0n) is 12.6. The van der Waals surface area contributed by atoms with Gasteiger partial charge in [-0.2, -0.15) is 11.8 Å². The molecule has 0 bridgehead atoms. The van der Waals surface area contributed by atoms with Gasteiger partial charge in [-0.15, -0.1) is 0 Å². The zero-order valence-corrected chi connectivity index (χ0v) is 13.4. The summed E-state index contributed by atoms with van der Waals surface area (Å²) in [5.74, 6) is -0.0463. The molecule has 3 rings (SSSR count). The maximum atomic E-state index is 12.9. The van der Waals surface area contributed by atoms with Gasteiger partial charge in [0.2, 0.25) is 0 Å². The maximum Gasteiger partial charge on any atom is 0.342 e. The largest absolute Gasteiger partial charge is 0.459 e. The highest BCUT2D eigenvalue weighted by Crippen LogP contribution is 2.33. The van der Waals surface area contributed by atoms with Crippen molar-refractivity contribution in [1.29, 1.82) is 0 Å². The Hall–Kier alpha value is -2.08. The molecule has 1 heterocycles. The van der Waals surface area contributed by atoms with Crippen molar-refractivity contribution in [3.63, 3.8) is 0 Å². The van der Waals surface area contributed by atoms with Crippen LogP contribution in [0.3, 0.4) is 0 Å². The smallest absolute Gasteiger partial charge is 0.342 e. The van der Waals surface area contributed by atoms with E-state index in [2.05, 4.69) is 11.2 Å². The Balaban J connectivity index is 1.70. The summed E-state index contributed by atoms with van der Waals surface area (Å²) in [6.45, 7) is 0. The van der Waals surface area contributed by atoms with E-state index in [4.69, 9.17) is 9.47 Å². The number of benzene rings is 1. The van der Waals surface area contributed by atoms with Crippen LogP contribution >= 0.6 is 11.8 Å². The summed E-state index contributed by atoms with van der Waals surface area (Å²) in [5, 5.41) is 0.570. The van der Waals surface area contributed by atoms with Crippen LogP contribution in [-0.2, 0) is 4.74 Å². The van der Waals surface area contributed by atoms with Crippen molar-refractivity contribution in [1.82, 2.24) is 4.98 Å². The minimum Gasteiger partial charge on any atom is -0.459 e. The van der Waals surface area contributed by atoms with Gasteiger partial charge in [0.15, 0.2) is 5.75 Å². The molecule has 1 aromatic carbocycles. The van der Waals surface area contributed by atoms with E-state index in [1.165, 1.54) is 36.7 Å². The number of hydrogen-bond acceptors (Lipinski definition) is 5. The Labute approximate surface area is 138 Å². The van der Waals surface area contributed by atoms with Crippen molar-refractivity contribution in [2.24, 2.45) is 0 Å². The van der Waals surface area contributed by atoms with E-state index >= 15 is 0 Å². The number of nitrogens with zero attached hydrogens (tertiary/aromatic N) is 1. The second-order valence-electron chi connectivity index (χ2n) is 5.28. The second-order valence-corrected chi connectivity index (χ2v) is 6.42. The van der Waals surface area contributed by atoms with Crippen LogP contribution in [0, 0.1) is 5.82 Å². The lowest BCUT2D eigenvalue weighted by atomic mass is 9.95. The average Bonchev–Trinajstić information content (AvgIpc) is 2.53. The number of rotatable bonds is 5. The van der Waals surface area contributed by atoms with E-state index in [-0.39, 0.29) is 11.9 Å². The van der Waals surface area contributed by atoms with Gasteiger partial charge in [-0.05, 0) is 49.4 Å². The quantitative estimate of drug-likeness (QED) is 0.772. The molecule has 0 aliphatic heterocycles. The fourth-order valence-electron chi connectivity index (χ4n) is 2.28. The molecule has 0 radical (unpaired) electrons. The summed E-state index contributed by atoms with van der Waals surface area (Å²) in [5.41, 5.74) is 0.317. The van der Waals surface area contributed by atoms with E-state index < -0.39 is 5.97 Å². The molecule has 4 nitrogen and oxygen atoms in total. The Morgan fingerprint density at radius 3 is 2.70 bits per heavy atom. The summed E-state index contributed by atoms with van der Waals surface area (Å²) in [6, 6.07) is 7.13. The first kappa shape index (κ1) is 15.8. The van der Waals surface area contributed by atoms with E-state index in [1.54, 1.807) is 17.8 Å². The molecule has 0 atom stereocenters. The number of carbonyl (C=O) groups is 1. The Bertz CT molecular complexity index is 686. The maximum absolute atomic E-state index is 12.9. The lowest BCUT2D eigenvalue weighted by molar-refractivity contribution is 0.0107. The molecule has 1 saturated carbocycles. The van der Waals surface area contributed by atoms with Gasteiger partial charge in [0.1, 0.15) is 23.2 Å². The number of carbonyl (C=O) groups excluding carboxylic acids is 1. The molecule has 0 saturated heterocycles. The predicted octanol–water partition coefficient (Wildman–Crippen LogP) is 4.06. The molecule has 0 spiro atoms. The van der Waals surface area contributed by atoms with Gasteiger partial charge in [-0.1, -0.05) is 0 Å². The van der Waals surface area contributed by atoms with E-state index in [1.807, 2.05) is 0 Å². The van der Waals surface area contributed by atoms with Crippen LogP contribution in [0.15, 0.2) is 42.7 Å². The molecular weight excluding hydrogens is 317 g/mol. The van der Waals surface area contributed by atoms with Crippen molar-refractivity contribution in [3.05, 3.63) is 54.1 Å². The number of hydrogen-bond donors (Lipinski definition) is 0. The molecule has 23 heavy (non-hydrogen) atoms. The Morgan fingerprint density at radius 2 is 2.00 bits per heavy atom. The van der Waals surface area contributed by atoms with Gasteiger partial charge in [-0.3, -0.25) is 4.98 Å².